The van der Waals surface area contributed by atoms with Gasteiger partial charge in [0.1, 0.15) is 18.7 Å². The third-order valence-electron chi connectivity index (χ3n) is 1.48. The standard InChI is InChI=1S/C8H9N3O/c1-8(2)5-12-7(11-8)6(3-9)4-10/h11H,5H2,1-2H3. The molecule has 4 heteroatoms. The van der Waals surface area contributed by atoms with Crippen molar-refractivity contribution in [2.75, 3.05) is 6.61 Å². The van der Waals surface area contributed by atoms with E-state index in [1.165, 1.54) is 0 Å². The molecule has 1 saturated heterocycles. The summed E-state index contributed by atoms with van der Waals surface area (Å²) >= 11 is 0. The van der Waals surface area contributed by atoms with Crippen LogP contribution in [0.3, 0.4) is 0 Å². The molecule has 1 N–H and O–H groups in total. The number of nitrogens with zero attached hydrogens (tertiary/aromatic N) is 2. The van der Waals surface area contributed by atoms with Crippen LogP contribution in [0.15, 0.2) is 11.5 Å². The summed E-state index contributed by atoms with van der Waals surface area (Å²) in [6.45, 7) is 4.36. The second-order valence-corrected chi connectivity index (χ2v) is 3.23. The molecule has 0 atom stereocenters. The van der Waals surface area contributed by atoms with Crippen LogP contribution in [-0.2, 0) is 4.74 Å². The van der Waals surface area contributed by atoms with E-state index in [4.69, 9.17) is 15.3 Å². The van der Waals surface area contributed by atoms with Crippen LogP contribution in [0.4, 0.5) is 0 Å². The number of rotatable bonds is 0. The van der Waals surface area contributed by atoms with Crippen molar-refractivity contribution in [3.63, 3.8) is 0 Å². The van der Waals surface area contributed by atoms with Gasteiger partial charge in [-0.05, 0) is 13.8 Å². The maximum atomic E-state index is 8.51. The maximum Gasteiger partial charge on any atom is 0.216 e. The number of allylic oxidation sites excluding steroid dienone is 1. The van der Waals surface area contributed by atoms with Gasteiger partial charge in [-0.15, -0.1) is 0 Å². The zero-order valence-corrected chi connectivity index (χ0v) is 7.01. The summed E-state index contributed by atoms with van der Waals surface area (Å²) in [5, 5.41) is 20.0. The van der Waals surface area contributed by atoms with Crippen molar-refractivity contribution in [1.82, 2.24) is 5.32 Å². The first-order chi connectivity index (χ1) is 5.59. The van der Waals surface area contributed by atoms with E-state index >= 15 is 0 Å². The normalized spacial score (nSPS) is 18.5. The van der Waals surface area contributed by atoms with E-state index in [0.717, 1.165) is 0 Å². The van der Waals surface area contributed by atoms with Gasteiger partial charge >= 0.3 is 0 Å². The van der Waals surface area contributed by atoms with E-state index in [9.17, 15) is 0 Å². The summed E-state index contributed by atoms with van der Waals surface area (Å²) in [6, 6.07) is 3.52. The highest BCUT2D eigenvalue weighted by atomic mass is 16.5. The van der Waals surface area contributed by atoms with Crippen molar-refractivity contribution in [2.45, 2.75) is 19.4 Å². The molecule has 0 saturated carbocycles. The minimum Gasteiger partial charge on any atom is -0.475 e. The molecule has 0 aromatic rings. The minimum absolute atomic E-state index is 0.000532. The van der Waals surface area contributed by atoms with Crippen molar-refractivity contribution >= 4 is 0 Å². The SMILES string of the molecule is CC1(C)COC(=C(C#N)C#N)N1. The lowest BCUT2D eigenvalue weighted by Crippen LogP contribution is -2.34. The molecule has 1 heterocycles. The van der Waals surface area contributed by atoms with Gasteiger partial charge in [-0.1, -0.05) is 0 Å². The van der Waals surface area contributed by atoms with E-state index in [0.29, 0.717) is 12.5 Å². The van der Waals surface area contributed by atoms with Crippen LogP contribution in [0.1, 0.15) is 13.8 Å². The summed E-state index contributed by atoms with van der Waals surface area (Å²) in [6.07, 6.45) is 0. The zero-order valence-electron chi connectivity index (χ0n) is 7.01. The number of hydrogen-bond donors (Lipinski definition) is 1. The van der Waals surface area contributed by atoms with Gasteiger partial charge in [-0.3, -0.25) is 0 Å². The van der Waals surface area contributed by atoms with Gasteiger partial charge in [0, 0.05) is 0 Å². The Morgan fingerprint density at radius 1 is 1.50 bits per heavy atom. The summed E-state index contributed by atoms with van der Waals surface area (Å²) < 4.78 is 5.14. The van der Waals surface area contributed by atoms with Crippen LogP contribution in [0, 0.1) is 22.7 Å². The van der Waals surface area contributed by atoms with Crippen molar-refractivity contribution in [3.05, 3.63) is 11.5 Å². The third kappa shape index (κ3) is 1.49. The van der Waals surface area contributed by atoms with E-state index in [1.807, 2.05) is 13.8 Å². The molecule has 0 radical (unpaired) electrons. The molecule has 1 aliphatic rings. The smallest absolute Gasteiger partial charge is 0.216 e. The zero-order chi connectivity index (χ0) is 9.19. The minimum atomic E-state index is -0.186. The Balaban J connectivity index is 2.90. The summed E-state index contributed by atoms with van der Waals surface area (Å²) in [5.41, 5.74) is -0.186. The molecule has 0 aromatic heterocycles. The Kier molecular flexibility index (Phi) is 1.93. The maximum absolute atomic E-state index is 8.51. The highest BCUT2D eigenvalue weighted by molar-refractivity contribution is 5.38. The average molecular weight is 163 g/mol. The van der Waals surface area contributed by atoms with Crippen molar-refractivity contribution < 1.29 is 4.74 Å². The first-order valence-corrected chi connectivity index (χ1v) is 3.54. The Morgan fingerprint density at radius 3 is 2.42 bits per heavy atom. The lowest BCUT2D eigenvalue weighted by Gasteiger charge is -2.12. The van der Waals surface area contributed by atoms with Crippen LogP contribution in [0.5, 0.6) is 0 Å². The van der Waals surface area contributed by atoms with Gasteiger partial charge in [-0.2, -0.15) is 10.5 Å². The van der Waals surface area contributed by atoms with Gasteiger partial charge in [0.05, 0.1) is 5.54 Å². The first-order valence-electron chi connectivity index (χ1n) is 3.54. The Hall–Kier alpha value is -1.68. The molecule has 62 valence electrons. The number of hydrogen-bond acceptors (Lipinski definition) is 4. The summed E-state index contributed by atoms with van der Waals surface area (Å²) in [4.78, 5) is 0. The van der Waals surface area contributed by atoms with Gasteiger partial charge in [0.25, 0.3) is 0 Å². The van der Waals surface area contributed by atoms with Gasteiger partial charge in [0.2, 0.25) is 5.88 Å². The number of nitriles is 2. The predicted octanol–water partition coefficient (Wildman–Crippen LogP) is 0.644. The number of nitrogens with one attached hydrogen (secondary N) is 1. The van der Waals surface area contributed by atoms with Crippen molar-refractivity contribution in [3.8, 4) is 12.1 Å². The Labute approximate surface area is 71.0 Å². The van der Waals surface area contributed by atoms with E-state index < -0.39 is 0 Å². The molecule has 1 fully saturated rings. The van der Waals surface area contributed by atoms with Crippen LogP contribution in [0.25, 0.3) is 0 Å². The largest absolute Gasteiger partial charge is 0.475 e. The van der Waals surface area contributed by atoms with Crippen LogP contribution >= 0.6 is 0 Å². The molecule has 0 spiro atoms. The molecule has 0 bridgehead atoms. The van der Waals surface area contributed by atoms with E-state index in [1.54, 1.807) is 12.1 Å². The highest BCUT2D eigenvalue weighted by Crippen LogP contribution is 2.18. The molecule has 12 heavy (non-hydrogen) atoms. The summed E-state index contributed by atoms with van der Waals surface area (Å²) in [7, 11) is 0. The van der Waals surface area contributed by atoms with Crippen molar-refractivity contribution in [1.29, 1.82) is 10.5 Å². The fourth-order valence-electron chi connectivity index (χ4n) is 0.893. The second kappa shape index (κ2) is 2.75. The molecular formula is C8H9N3O. The molecule has 1 aliphatic heterocycles. The van der Waals surface area contributed by atoms with E-state index in [2.05, 4.69) is 5.32 Å². The molecular weight excluding hydrogens is 154 g/mol. The van der Waals surface area contributed by atoms with Crippen LogP contribution in [0.2, 0.25) is 0 Å². The highest BCUT2D eigenvalue weighted by Gasteiger charge is 2.29. The molecule has 0 aromatic carbocycles. The van der Waals surface area contributed by atoms with Gasteiger partial charge in [0.15, 0.2) is 5.57 Å². The topological polar surface area (TPSA) is 68.8 Å². The van der Waals surface area contributed by atoms with Crippen LogP contribution in [-0.4, -0.2) is 12.1 Å². The van der Waals surface area contributed by atoms with Crippen LogP contribution < -0.4 is 5.32 Å². The van der Waals surface area contributed by atoms with Crippen molar-refractivity contribution in [2.24, 2.45) is 0 Å². The quantitative estimate of drug-likeness (QED) is 0.532. The first kappa shape index (κ1) is 8.42. The molecule has 0 unspecified atom stereocenters. The monoisotopic (exact) mass is 163 g/mol. The second-order valence-electron chi connectivity index (χ2n) is 3.23. The molecule has 0 aliphatic carbocycles. The molecule has 0 amide bonds. The predicted molar refractivity (Wildman–Crippen MR) is 41.4 cm³/mol. The lowest BCUT2D eigenvalue weighted by atomic mass is 10.1. The van der Waals surface area contributed by atoms with Gasteiger partial charge in [-0.25, -0.2) is 0 Å². The Bertz CT molecular complexity index is 287. The lowest BCUT2D eigenvalue weighted by molar-refractivity contribution is 0.235. The Morgan fingerprint density at radius 2 is 2.08 bits per heavy atom. The fourth-order valence-corrected chi connectivity index (χ4v) is 0.893. The summed E-state index contributed by atoms with van der Waals surface area (Å²) in [5.74, 6) is 0.296. The molecule has 1 rings (SSSR count). The fraction of sp³-hybridized carbons (Fsp3) is 0.500. The van der Waals surface area contributed by atoms with E-state index in [-0.39, 0.29) is 11.1 Å². The average Bonchev–Trinajstić information content (AvgIpc) is 2.34. The van der Waals surface area contributed by atoms with Gasteiger partial charge < -0.3 is 10.1 Å². The number of ether oxygens (including phenoxy) is 1. The third-order valence-corrected chi connectivity index (χ3v) is 1.48. The molecule has 4 nitrogen and oxygen atoms in total.